The lowest BCUT2D eigenvalue weighted by atomic mass is 10.1. The number of rotatable bonds is 2. The molecule has 3 rings (SSSR count). The van der Waals surface area contributed by atoms with Gasteiger partial charge in [0.05, 0.1) is 17.1 Å². The summed E-state index contributed by atoms with van der Waals surface area (Å²) in [4.78, 5) is 0. The molecule has 0 aliphatic heterocycles. The average molecular weight is 302 g/mol. The summed E-state index contributed by atoms with van der Waals surface area (Å²) in [6, 6.07) is 15.0. The van der Waals surface area contributed by atoms with Crippen LogP contribution in [0.5, 0.6) is 0 Å². The maximum atomic E-state index is 14.3. The summed E-state index contributed by atoms with van der Waals surface area (Å²) in [5, 5.41) is 4.89. The zero-order chi connectivity index (χ0) is 15.0. The maximum Gasteiger partial charge on any atom is 0.169 e. The lowest BCUT2D eigenvalue weighted by Gasteiger charge is -2.14. The number of hydrogen-bond acceptors (Lipinski definition) is 3. The van der Waals surface area contributed by atoms with E-state index in [0.717, 1.165) is 16.5 Å². The highest BCUT2D eigenvalue weighted by Crippen LogP contribution is 2.36. The van der Waals surface area contributed by atoms with Gasteiger partial charge in [0.1, 0.15) is 5.02 Å². The van der Waals surface area contributed by atoms with Crippen LogP contribution in [0.2, 0.25) is 5.02 Å². The van der Waals surface area contributed by atoms with Crippen molar-refractivity contribution in [3.8, 4) is 0 Å². The van der Waals surface area contributed by atoms with E-state index in [4.69, 9.17) is 23.1 Å². The topological polar surface area (TPSA) is 64.1 Å². The number of fused-ring (bicyclic) bond motifs is 1. The largest absolute Gasteiger partial charge is 0.397 e. The van der Waals surface area contributed by atoms with Gasteiger partial charge in [0.25, 0.3) is 0 Å². The van der Waals surface area contributed by atoms with Gasteiger partial charge >= 0.3 is 0 Å². The number of halogens is 2. The highest BCUT2D eigenvalue weighted by molar-refractivity contribution is 6.33. The molecule has 106 valence electrons. The van der Waals surface area contributed by atoms with Crippen LogP contribution < -0.4 is 16.8 Å². The molecule has 3 aromatic carbocycles. The van der Waals surface area contributed by atoms with E-state index in [9.17, 15) is 4.39 Å². The summed E-state index contributed by atoms with van der Waals surface area (Å²) in [6.07, 6.45) is 0. The molecule has 5 N–H and O–H groups in total. The van der Waals surface area contributed by atoms with Crippen molar-refractivity contribution in [3.05, 3.63) is 59.4 Å². The molecule has 3 nitrogen and oxygen atoms in total. The number of nitrogen functional groups attached to an aromatic ring is 2. The predicted molar refractivity (Wildman–Crippen MR) is 87.5 cm³/mol. The Kier molecular flexibility index (Phi) is 3.31. The van der Waals surface area contributed by atoms with Crippen LogP contribution in [0.1, 0.15) is 0 Å². The third-order valence-electron chi connectivity index (χ3n) is 3.31. The molecule has 0 saturated heterocycles. The van der Waals surface area contributed by atoms with E-state index in [1.165, 1.54) is 6.07 Å². The summed E-state index contributed by atoms with van der Waals surface area (Å²) in [5.74, 6) is -0.651. The van der Waals surface area contributed by atoms with Gasteiger partial charge in [0.15, 0.2) is 5.82 Å². The number of nitrogens with one attached hydrogen (secondary N) is 1. The summed E-state index contributed by atoms with van der Waals surface area (Å²) in [6.45, 7) is 0. The van der Waals surface area contributed by atoms with Crippen molar-refractivity contribution >= 4 is 45.1 Å². The minimum absolute atomic E-state index is 0.120. The summed E-state index contributed by atoms with van der Waals surface area (Å²) in [5.41, 5.74) is 12.6. The second-order valence-corrected chi connectivity index (χ2v) is 5.09. The van der Waals surface area contributed by atoms with Crippen LogP contribution in [0.25, 0.3) is 10.8 Å². The average Bonchev–Trinajstić information content (AvgIpc) is 2.49. The Morgan fingerprint density at radius 3 is 2.48 bits per heavy atom. The van der Waals surface area contributed by atoms with Crippen LogP contribution in [0, 0.1) is 5.82 Å². The molecule has 0 aromatic heterocycles. The van der Waals surface area contributed by atoms with Crippen LogP contribution in [0.4, 0.5) is 27.1 Å². The fourth-order valence-corrected chi connectivity index (χ4v) is 2.41. The molecule has 21 heavy (non-hydrogen) atoms. The van der Waals surface area contributed by atoms with Crippen molar-refractivity contribution in [2.45, 2.75) is 0 Å². The predicted octanol–water partition coefficient (Wildman–Crippen LogP) is 4.54. The van der Waals surface area contributed by atoms with Crippen molar-refractivity contribution in [2.24, 2.45) is 0 Å². The molecule has 0 atom stereocenters. The number of nitrogens with two attached hydrogens (primary N) is 2. The first-order chi connectivity index (χ1) is 10.1. The molecule has 0 aliphatic rings. The highest BCUT2D eigenvalue weighted by Gasteiger charge is 2.15. The lowest BCUT2D eigenvalue weighted by molar-refractivity contribution is 0.633. The molecule has 0 amide bonds. The third kappa shape index (κ3) is 2.34. The first-order valence-corrected chi connectivity index (χ1v) is 6.73. The summed E-state index contributed by atoms with van der Waals surface area (Å²) >= 11 is 5.84. The van der Waals surface area contributed by atoms with Crippen molar-refractivity contribution in [2.75, 3.05) is 16.8 Å². The fraction of sp³-hybridized carbons (Fsp3) is 0. The first-order valence-electron chi connectivity index (χ1n) is 6.35. The van der Waals surface area contributed by atoms with Gasteiger partial charge in [-0.15, -0.1) is 0 Å². The molecule has 0 aliphatic carbocycles. The van der Waals surface area contributed by atoms with Crippen molar-refractivity contribution in [3.63, 3.8) is 0 Å². The molecule has 0 spiro atoms. The number of benzene rings is 3. The molecular formula is C16H13ClFN3. The molecule has 0 radical (unpaired) electrons. The monoisotopic (exact) mass is 301 g/mol. The van der Waals surface area contributed by atoms with E-state index < -0.39 is 5.82 Å². The summed E-state index contributed by atoms with van der Waals surface area (Å²) in [7, 11) is 0. The van der Waals surface area contributed by atoms with E-state index in [1.54, 1.807) is 0 Å². The van der Waals surface area contributed by atoms with Crippen molar-refractivity contribution in [1.82, 2.24) is 0 Å². The van der Waals surface area contributed by atoms with Crippen LogP contribution in [0.15, 0.2) is 48.5 Å². The van der Waals surface area contributed by atoms with Gasteiger partial charge in [-0.05, 0) is 17.5 Å². The Bertz CT molecular complexity index is 828. The highest BCUT2D eigenvalue weighted by atomic mass is 35.5. The normalized spacial score (nSPS) is 10.8. The number of hydrogen-bond donors (Lipinski definition) is 3. The smallest absolute Gasteiger partial charge is 0.169 e. The van der Waals surface area contributed by atoms with Crippen LogP contribution >= 0.6 is 11.6 Å². The Labute approximate surface area is 126 Å². The second kappa shape index (κ2) is 5.14. The fourth-order valence-electron chi connectivity index (χ4n) is 2.26. The van der Waals surface area contributed by atoms with Crippen molar-refractivity contribution in [1.29, 1.82) is 0 Å². The Morgan fingerprint density at radius 2 is 1.67 bits per heavy atom. The quantitative estimate of drug-likeness (QED) is 0.609. The van der Waals surface area contributed by atoms with Crippen LogP contribution in [0.3, 0.4) is 0 Å². The molecule has 0 heterocycles. The molecular weight excluding hydrogens is 289 g/mol. The van der Waals surface area contributed by atoms with E-state index in [1.807, 2.05) is 42.5 Å². The standard InChI is InChI=1S/C16H13ClFN3/c17-14-11(19)8-12(20)16(15(14)18)21-13-7-3-5-9-4-1-2-6-10(9)13/h1-8,21H,19-20H2. The van der Waals surface area contributed by atoms with E-state index in [-0.39, 0.29) is 22.1 Å². The molecule has 0 saturated carbocycles. The zero-order valence-corrected chi connectivity index (χ0v) is 11.8. The molecule has 0 unspecified atom stereocenters. The first kappa shape index (κ1) is 13.5. The van der Waals surface area contributed by atoms with Crippen molar-refractivity contribution < 1.29 is 4.39 Å². The second-order valence-electron chi connectivity index (χ2n) is 4.71. The molecule has 3 aromatic rings. The molecule has 0 bridgehead atoms. The lowest BCUT2D eigenvalue weighted by Crippen LogP contribution is -2.03. The Morgan fingerprint density at radius 1 is 0.952 bits per heavy atom. The minimum atomic E-state index is -0.651. The van der Waals surface area contributed by atoms with Gasteiger partial charge in [0.2, 0.25) is 0 Å². The van der Waals surface area contributed by atoms with Gasteiger partial charge in [-0.3, -0.25) is 0 Å². The van der Waals surface area contributed by atoms with Crippen LogP contribution in [-0.2, 0) is 0 Å². The van der Waals surface area contributed by atoms with E-state index >= 15 is 0 Å². The molecule has 5 heteroatoms. The van der Waals surface area contributed by atoms with Gasteiger partial charge in [-0.25, -0.2) is 4.39 Å². The zero-order valence-electron chi connectivity index (χ0n) is 11.0. The molecule has 0 fully saturated rings. The maximum absolute atomic E-state index is 14.3. The van der Waals surface area contributed by atoms with E-state index in [2.05, 4.69) is 5.32 Å². The van der Waals surface area contributed by atoms with Gasteiger partial charge in [0, 0.05) is 11.1 Å². The van der Waals surface area contributed by atoms with Gasteiger partial charge in [-0.1, -0.05) is 48.0 Å². The van der Waals surface area contributed by atoms with Gasteiger partial charge in [-0.2, -0.15) is 0 Å². The Hall–Kier alpha value is -2.46. The summed E-state index contributed by atoms with van der Waals surface area (Å²) < 4.78 is 14.3. The van der Waals surface area contributed by atoms with Gasteiger partial charge < -0.3 is 16.8 Å². The SMILES string of the molecule is Nc1cc(N)c(Nc2cccc3ccccc23)c(F)c1Cl. The Balaban J connectivity index is 2.14. The van der Waals surface area contributed by atoms with Crippen LogP contribution in [-0.4, -0.2) is 0 Å². The third-order valence-corrected chi connectivity index (χ3v) is 3.70. The van der Waals surface area contributed by atoms with E-state index in [0.29, 0.717) is 0 Å². The minimum Gasteiger partial charge on any atom is -0.397 e. The number of anilines is 4.